The summed E-state index contributed by atoms with van der Waals surface area (Å²) in [5, 5.41) is 7.39. The van der Waals surface area contributed by atoms with Gasteiger partial charge in [0.25, 0.3) is 0 Å². The van der Waals surface area contributed by atoms with E-state index in [2.05, 4.69) is 4.18 Å². The molecule has 0 saturated carbocycles. The number of nitriles is 1. The van der Waals surface area contributed by atoms with Crippen molar-refractivity contribution in [3.05, 3.63) is 0 Å². The zero-order chi connectivity index (χ0) is 5.91. The van der Waals surface area contributed by atoms with Gasteiger partial charge in [-0.3, -0.25) is 8.74 Å². The SMILES string of the molecule is N#COS(=O)(=O)O.[H-].[K+].[Ru]. The van der Waals surface area contributed by atoms with Crippen LogP contribution in [0.2, 0.25) is 0 Å². The average Bonchev–Trinajstić information content (AvgIpc) is 1.30. The number of hydrogen-bond acceptors (Lipinski definition) is 4. The van der Waals surface area contributed by atoms with E-state index in [1.807, 2.05) is 0 Å². The Kier molecular flexibility index (Phi) is 14.1. The molecule has 9 heavy (non-hydrogen) atoms. The molecule has 1 N–H and O–H groups in total. The van der Waals surface area contributed by atoms with Crippen molar-refractivity contribution < 1.29 is 89.4 Å². The van der Waals surface area contributed by atoms with Crippen molar-refractivity contribution in [1.82, 2.24) is 0 Å². The molecular weight excluding hydrogens is 262 g/mol. The summed E-state index contributed by atoms with van der Waals surface area (Å²) in [5.74, 6) is 0. The van der Waals surface area contributed by atoms with Gasteiger partial charge >= 0.3 is 68.0 Å². The first-order valence-electron chi connectivity index (χ1n) is 1.11. The molecule has 0 bridgehead atoms. The molecule has 0 heterocycles. The third kappa shape index (κ3) is 17.7. The smallest absolute Gasteiger partial charge is 1.00 e. The summed E-state index contributed by atoms with van der Waals surface area (Å²) < 4.78 is 29.3. The average molecular weight is 264 g/mol. The second-order valence-electron chi connectivity index (χ2n) is 0.602. The summed E-state index contributed by atoms with van der Waals surface area (Å²) in [4.78, 5) is 0. The molecule has 0 radical (unpaired) electrons. The van der Waals surface area contributed by atoms with Gasteiger partial charge in [0.2, 0.25) is 0 Å². The molecule has 0 aliphatic rings. The van der Waals surface area contributed by atoms with Gasteiger partial charge in [0.15, 0.2) is 0 Å². The number of rotatable bonds is 1. The second kappa shape index (κ2) is 7.57. The van der Waals surface area contributed by atoms with Crippen LogP contribution in [0.4, 0.5) is 0 Å². The molecule has 5 nitrogen and oxygen atoms in total. The maximum Gasteiger partial charge on any atom is 1.00 e. The summed E-state index contributed by atoms with van der Waals surface area (Å²) in [6.45, 7) is 0. The van der Waals surface area contributed by atoms with Crippen molar-refractivity contribution in [2.45, 2.75) is 0 Å². The van der Waals surface area contributed by atoms with Crippen LogP contribution < -0.4 is 51.4 Å². The van der Waals surface area contributed by atoms with Crippen molar-refractivity contribution in [3.63, 3.8) is 0 Å². The molecule has 0 atom stereocenters. The van der Waals surface area contributed by atoms with E-state index in [0.29, 0.717) is 0 Å². The molecule has 0 amide bonds. The van der Waals surface area contributed by atoms with Crippen LogP contribution in [0.3, 0.4) is 0 Å². The van der Waals surface area contributed by atoms with Gasteiger partial charge < -0.3 is 1.43 Å². The van der Waals surface area contributed by atoms with Gasteiger partial charge in [0.1, 0.15) is 0 Å². The van der Waals surface area contributed by atoms with Crippen LogP contribution in [-0.4, -0.2) is 13.0 Å². The van der Waals surface area contributed by atoms with Crippen LogP contribution in [0.15, 0.2) is 0 Å². The Morgan fingerprint density at radius 1 is 1.67 bits per heavy atom. The maximum absolute atomic E-state index is 9.34. The molecule has 0 aliphatic heterocycles. The molecule has 0 aliphatic carbocycles. The second-order valence-corrected chi connectivity index (χ2v) is 1.62. The predicted molar refractivity (Wildman–Crippen MR) is 19.4 cm³/mol. The molecule has 0 aromatic heterocycles. The normalized spacial score (nSPS) is 7.56. The standard InChI is InChI=1S/CHNO4S.K.Ru.H/c2-1-6-7(3,4)5;;;/h(H,3,4,5);;;/q;+1;;-1. The molecule has 0 fully saturated rings. The molecule has 0 unspecified atom stereocenters. The van der Waals surface area contributed by atoms with Gasteiger partial charge in [-0.1, -0.05) is 0 Å². The Balaban J connectivity index is -0.0000000600. The summed E-state index contributed by atoms with van der Waals surface area (Å²) in [6.07, 6.45) is 0.770. The minimum absolute atomic E-state index is 0. The Hall–Kier alpha value is 1.46. The van der Waals surface area contributed by atoms with Crippen molar-refractivity contribution in [1.29, 1.82) is 5.26 Å². The molecule has 0 spiro atoms. The van der Waals surface area contributed by atoms with E-state index in [9.17, 15) is 8.42 Å². The molecule has 0 aromatic carbocycles. The van der Waals surface area contributed by atoms with E-state index in [4.69, 9.17) is 9.81 Å². The molecular formula is CH2KNO4RuS. The van der Waals surface area contributed by atoms with Crippen LogP contribution in [0.25, 0.3) is 0 Å². The number of nitrogens with zero attached hydrogens (tertiary/aromatic N) is 1. The van der Waals surface area contributed by atoms with E-state index < -0.39 is 10.4 Å². The number of hydrogen-bond donors (Lipinski definition) is 1. The zero-order valence-corrected chi connectivity index (χ0v) is 10.1. The van der Waals surface area contributed by atoms with Crippen LogP contribution in [0, 0.1) is 11.5 Å². The summed E-state index contributed by atoms with van der Waals surface area (Å²) in [7, 11) is -4.54. The van der Waals surface area contributed by atoms with Crippen molar-refractivity contribution in [2.75, 3.05) is 0 Å². The van der Waals surface area contributed by atoms with Crippen LogP contribution in [-0.2, 0) is 34.1 Å². The maximum atomic E-state index is 9.34. The summed E-state index contributed by atoms with van der Waals surface area (Å²) in [5.41, 5.74) is 0. The Morgan fingerprint density at radius 2 is 2.00 bits per heavy atom. The Labute approximate surface area is 109 Å². The largest absolute Gasteiger partial charge is 1.00 e. The van der Waals surface area contributed by atoms with Crippen molar-refractivity contribution in [3.8, 4) is 6.26 Å². The molecule has 0 saturated heterocycles. The van der Waals surface area contributed by atoms with Gasteiger partial charge in [-0.25, -0.2) is 0 Å². The summed E-state index contributed by atoms with van der Waals surface area (Å²) >= 11 is 0. The van der Waals surface area contributed by atoms with Crippen LogP contribution in [0.1, 0.15) is 1.43 Å². The molecule has 0 aromatic rings. The third-order valence-corrected chi connectivity index (χ3v) is 0.428. The zero-order valence-electron chi connectivity index (χ0n) is 5.38. The fourth-order valence-electron chi connectivity index (χ4n) is 0.0471. The minimum atomic E-state index is -4.54. The summed E-state index contributed by atoms with van der Waals surface area (Å²) in [6, 6.07) is 0. The van der Waals surface area contributed by atoms with Crippen molar-refractivity contribution >= 4 is 10.4 Å². The van der Waals surface area contributed by atoms with E-state index in [0.717, 1.165) is 6.26 Å². The third-order valence-electron chi connectivity index (χ3n) is 0.143. The minimum Gasteiger partial charge on any atom is -1.00 e. The van der Waals surface area contributed by atoms with Gasteiger partial charge in [0.05, 0.1) is 0 Å². The van der Waals surface area contributed by atoms with Gasteiger partial charge in [-0.2, -0.15) is 8.42 Å². The monoisotopic (exact) mass is 265 g/mol. The first-order valence-corrected chi connectivity index (χ1v) is 2.48. The van der Waals surface area contributed by atoms with E-state index in [-0.39, 0.29) is 72.3 Å². The topological polar surface area (TPSA) is 87.4 Å². The fourth-order valence-corrected chi connectivity index (χ4v) is 0.141. The fraction of sp³-hybridized carbons (Fsp3) is 0. The van der Waals surface area contributed by atoms with E-state index in [1.54, 1.807) is 0 Å². The van der Waals surface area contributed by atoms with Gasteiger partial charge in [0, 0.05) is 19.5 Å². The molecule has 0 rings (SSSR count). The van der Waals surface area contributed by atoms with Crippen LogP contribution >= 0.6 is 0 Å². The Morgan fingerprint density at radius 3 is 2.00 bits per heavy atom. The molecule has 50 valence electrons. The first kappa shape index (κ1) is 16.8. The predicted octanol–water partition coefficient (Wildman–Crippen LogP) is -3.60. The van der Waals surface area contributed by atoms with E-state index >= 15 is 0 Å². The van der Waals surface area contributed by atoms with E-state index in [1.165, 1.54) is 0 Å². The quantitative estimate of drug-likeness (QED) is 0.300. The van der Waals surface area contributed by atoms with Gasteiger partial charge in [-0.15, -0.1) is 5.26 Å². The van der Waals surface area contributed by atoms with Gasteiger partial charge in [-0.05, 0) is 0 Å². The van der Waals surface area contributed by atoms with Crippen LogP contribution in [0.5, 0.6) is 0 Å². The Bertz CT molecular complexity index is 186. The molecule has 8 heteroatoms. The first-order chi connectivity index (χ1) is 3.06. The van der Waals surface area contributed by atoms with Crippen molar-refractivity contribution in [2.24, 2.45) is 0 Å².